The van der Waals surface area contributed by atoms with Gasteiger partial charge in [0.1, 0.15) is 5.75 Å². The van der Waals surface area contributed by atoms with E-state index in [4.69, 9.17) is 4.74 Å². The summed E-state index contributed by atoms with van der Waals surface area (Å²) in [5.41, 5.74) is 0.937. The molecular formula is C13H10BrFO. The first-order valence-corrected chi connectivity index (χ1v) is 5.65. The fraction of sp³-hybridized carbons (Fsp3) is 0.0769. The van der Waals surface area contributed by atoms with E-state index in [1.165, 1.54) is 6.07 Å². The third-order valence-electron chi connectivity index (χ3n) is 2.21. The number of para-hydroxylation sites is 1. The van der Waals surface area contributed by atoms with Crippen molar-refractivity contribution in [3.05, 3.63) is 58.3 Å². The molecule has 82 valence electrons. The van der Waals surface area contributed by atoms with E-state index >= 15 is 0 Å². The first kappa shape index (κ1) is 11.1. The smallest absolute Gasteiger partial charge is 0.177 e. The van der Waals surface area contributed by atoms with Gasteiger partial charge in [0.15, 0.2) is 11.6 Å². The van der Waals surface area contributed by atoms with Crippen LogP contribution >= 0.6 is 15.9 Å². The molecule has 1 nitrogen and oxygen atoms in total. The zero-order chi connectivity index (χ0) is 11.5. The van der Waals surface area contributed by atoms with Crippen LogP contribution in [-0.2, 0) is 0 Å². The second-order valence-corrected chi connectivity index (χ2v) is 4.22. The molecule has 0 saturated heterocycles. The molecule has 3 heteroatoms. The maximum absolute atomic E-state index is 13.6. The van der Waals surface area contributed by atoms with Crippen molar-refractivity contribution in [2.24, 2.45) is 0 Å². The quantitative estimate of drug-likeness (QED) is 0.776. The third-order valence-corrected chi connectivity index (χ3v) is 3.19. The Morgan fingerprint density at radius 2 is 1.75 bits per heavy atom. The molecule has 2 aromatic rings. The van der Waals surface area contributed by atoms with Crippen molar-refractivity contribution in [1.82, 2.24) is 0 Å². The molecule has 2 rings (SSSR count). The first-order chi connectivity index (χ1) is 7.68. The SMILES string of the molecule is Cc1ccc(F)c(Oc2ccccc2)c1Br. The van der Waals surface area contributed by atoms with Crippen LogP contribution in [0.4, 0.5) is 4.39 Å². The second-order valence-electron chi connectivity index (χ2n) is 3.42. The monoisotopic (exact) mass is 280 g/mol. The molecule has 0 bridgehead atoms. The predicted molar refractivity (Wildman–Crippen MR) is 65.4 cm³/mol. The number of hydrogen-bond donors (Lipinski definition) is 0. The summed E-state index contributed by atoms with van der Waals surface area (Å²) in [6.45, 7) is 1.89. The Hall–Kier alpha value is -1.35. The molecule has 0 fully saturated rings. The highest BCUT2D eigenvalue weighted by atomic mass is 79.9. The average molecular weight is 281 g/mol. The van der Waals surface area contributed by atoms with Gasteiger partial charge in [-0.2, -0.15) is 0 Å². The van der Waals surface area contributed by atoms with Crippen molar-refractivity contribution in [3.8, 4) is 11.5 Å². The molecule has 0 spiro atoms. The fourth-order valence-corrected chi connectivity index (χ4v) is 1.73. The van der Waals surface area contributed by atoms with E-state index < -0.39 is 0 Å². The number of halogens is 2. The van der Waals surface area contributed by atoms with Gasteiger partial charge in [0.05, 0.1) is 4.47 Å². The highest BCUT2D eigenvalue weighted by molar-refractivity contribution is 9.10. The Morgan fingerprint density at radius 1 is 1.06 bits per heavy atom. The maximum atomic E-state index is 13.6. The number of benzene rings is 2. The van der Waals surface area contributed by atoms with Gasteiger partial charge in [0.2, 0.25) is 0 Å². The number of rotatable bonds is 2. The van der Waals surface area contributed by atoms with Crippen LogP contribution in [0.5, 0.6) is 11.5 Å². The lowest BCUT2D eigenvalue weighted by Crippen LogP contribution is -1.91. The van der Waals surface area contributed by atoms with E-state index in [0.717, 1.165) is 5.56 Å². The minimum absolute atomic E-state index is 0.228. The van der Waals surface area contributed by atoms with Gasteiger partial charge < -0.3 is 4.74 Å². The Bertz CT molecular complexity index is 497. The molecule has 0 saturated carbocycles. The summed E-state index contributed by atoms with van der Waals surface area (Å²) in [5, 5.41) is 0. The molecule has 0 amide bonds. The van der Waals surface area contributed by atoms with E-state index in [1.54, 1.807) is 18.2 Å². The van der Waals surface area contributed by atoms with Gasteiger partial charge in [0, 0.05) is 0 Å². The van der Waals surface area contributed by atoms with Crippen LogP contribution in [0, 0.1) is 12.7 Å². The molecule has 2 aromatic carbocycles. The summed E-state index contributed by atoms with van der Waals surface area (Å²) in [5.74, 6) is 0.472. The fourth-order valence-electron chi connectivity index (χ4n) is 1.33. The van der Waals surface area contributed by atoms with Gasteiger partial charge in [-0.1, -0.05) is 24.3 Å². The second kappa shape index (κ2) is 4.66. The largest absolute Gasteiger partial charge is 0.453 e. The van der Waals surface area contributed by atoms with Gasteiger partial charge in [-0.3, -0.25) is 0 Å². The van der Waals surface area contributed by atoms with Crippen LogP contribution in [0.1, 0.15) is 5.56 Å². The van der Waals surface area contributed by atoms with E-state index in [0.29, 0.717) is 10.2 Å². The van der Waals surface area contributed by atoms with E-state index in [9.17, 15) is 4.39 Å². The predicted octanol–water partition coefficient (Wildman–Crippen LogP) is 4.69. The Balaban J connectivity index is 2.38. The van der Waals surface area contributed by atoms with Crippen LogP contribution in [-0.4, -0.2) is 0 Å². The molecule has 0 heterocycles. The Labute approximate surface area is 102 Å². The minimum atomic E-state index is -0.374. The van der Waals surface area contributed by atoms with Gasteiger partial charge in [-0.25, -0.2) is 4.39 Å². The summed E-state index contributed by atoms with van der Waals surface area (Å²) < 4.78 is 19.7. The normalized spacial score (nSPS) is 10.2. The average Bonchev–Trinajstić information content (AvgIpc) is 2.31. The lowest BCUT2D eigenvalue weighted by molar-refractivity contribution is 0.438. The third kappa shape index (κ3) is 2.25. The van der Waals surface area contributed by atoms with E-state index in [2.05, 4.69) is 15.9 Å². The van der Waals surface area contributed by atoms with Crippen molar-refractivity contribution in [2.75, 3.05) is 0 Å². The maximum Gasteiger partial charge on any atom is 0.177 e. The summed E-state index contributed by atoms with van der Waals surface area (Å²) in [6, 6.07) is 12.3. The highest BCUT2D eigenvalue weighted by Crippen LogP contribution is 2.34. The topological polar surface area (TPSA) is 9.23 Å². The number of aryl methyl sites for hydroxylation is 1. The molecule has 0 N–H and O–H groups in total. The summed E-state index contributed by atoms with van der Waals surface area (Å²) in [6.07, 6.45) is 0. The van der Waals surface area contributed by atoms with Gasteiger partial charge in [0.25, 0.3) is 0 Å². The minimum Gasteiger partial charge on any atom is -0.453 e. The van der Waals surface area contributed by atoms with Gasteiger partial charge in [-0.05, 0) is 46.6 Å². The molecule has 0 aliphatic carbocycles. The lowest BCUT2D eigenvalue weighted by Gasteiger charge is -2.10. The van der Waals surface area contributed by atoms with Crippen LogP contribution in [0.2, 0.25) is 0 Å². The van der Waals surface area contributed by atoms with Crippen molar-refractivity contribution in [1.29, 1.82) is 0 Å². The first-order valence-electron chi connectivity index (χ1n) is 4.86. The molecule has 0 aromatic heterocycles. The highest BCUT2D eigenvalue weighted by Gasteiger charge is 2.11. The van der Waals surface area contributed by atoms with Crippen LogP contribution < -0.4 is 4.74 Å². The van der Waals surface area contributed by atoms with Crippen molar-refractivity contribution < 1.29 is 9.13 Å². The number of ether oxygens (including phenoxy) is 1. The van der Waals surface area contributed by atoms with E-state index in [1.807, 2.05) is 25.1 Å². The zero-order valence-corrected chi connectivity index (χ0v) is 10.3. The van der Waals surface area contributed by atoms with E-state index in [-0.39, 0.29) is 11.6 Å². The lowest BCUT2D eigenvalue weighted by atomic mass is 10.2. The summed E-state index contributed by atoms with van der Waals surface area (Å²) in [4.78, 5) is 0. The van der Waals surface area contributed by atoms with Crippen molar-refractivity contribution in [3.63, 3.8) is 0 Å². The molecule has 0 aliphatic rings. The Morgan fingerprint density at radius 3 is 2.44 bits per heavy atom. The van der Waals surface area contributed by atoms with Crippen LogP contribution in [0.3, 0.4) is 0 Å². The van der Waals surface area contributed by atoms with Crippen LogP contribution in [0.15, 0.2) is 46.9 Å². The van der Waals surface area contributed by atoms with Crippen LogP contribution in [0.25, 0.3) is 0 Å². The summed E-state index contributed by atoms with van der Waals surface area (Å²) in [7, 11) is 0. The van der Waals surface area contributed by atoms with Crippen molar-refractivity contribution >= 4 is 15.9 Å². The molecule has 0 atom stereocenters. The summed E-state index contributed by atoms with van der Waals surface area (Å²) >= 11 is 3.32. The number of hydrogen-bond acceptors (Lipinski definition) is 1. The van der Waals surface area contributed by atoms with Gasteiger partial charge in [-0.15, -0.1) is 0 Å². The Kier molecular flexibility index (Phi) is 3.25. The molecule has 16 heavy (non-hydrogen) atoms. The molecule has 0 radical (unpaired) electrons. The molecule has 0 unspecified atom stereocenters. The van der Waals surface area contributed by atoms with Gasteiger partial charge >= 0.3 is 0 Å². The zero-order valence-electron chi connectivity index (χ0n) is 8.71. The molecular weight excluding hydrogens is 271 g/mol. The molecule has 0 aliphatic heterocycles. The van der Waals surface area contributed by atoms with Crippen molar-refractivity contribution in [2.45, 2.75) is 6.92 Å². The standard InChI is InChI=1S/C13H10BrFO/c1-9-7-8-11(15)13(12(9)14)16-10-5-3-2-4-6-10/h2-8H,1H3.